The normalized spacial score (nSPS) is 19.4. The summed E-state index contributed by atoms with van der Waals surface area (Å²) in [7, 11) is 0. The van der Waals surface area contributed by atoms with Gasteiger partial charge in [-0.3, -0.25) is 4.90 Å². The van der Waals surface area contributed by atoms with Gasteiger partial charge in [0, 0.05) is 17.1 Å². The van der Waals surface area contributed by atoms with Crippen molar-refractivity contribution < 1.29 is 0 Å². The van der Waals surface area contributed by atoms with E-state index in [1.54, 1.807) is 0 Å². The first-order valence-electron chi connectivity index (χ1n) is 6.41. The van der Waals surface area contributed by atoms with Gasteiger partial charge in [0.05, 0.1) is 6.04 Å². The van der Waals surface area contributed by atoms with Crippen LogP contribution in [0.5, 0.6) is 0 Å². The standard InChI is InChI=1S/C14H21ClN2/c1-3-17(11-8-9-11)14(10(2)16)12-6-4-5-7-13(12)15/h4-7,10-11,14H,3,8-9,16H2,1-2H3. The molecule has 0 radical (unpaired) electrons. The predicted octanol–water partition coefficient (Wildman–Crippen LogP) is 3.21. The molecule has 0 amide bonds. The van der Waals surface area contributed by atoms with Crippen molar-refractivity contribution in [2.45, 2.75) is 44.8 Å². The summed E-state index contributed by atoms with van der Waals surface area (Å²) in [6.07, 6.45) is 2.59. The molecule has 1 aromatic carbocycles. The zero-order valence-corrected chi connectivity index (χ0v) is 11.3. The second kappa shape index (κ2) is 5.38. The van der Waals surface area contributed by atoms with Crippen molar-refractivity contribution in [2.24, 2.45) is 5.73 Å². The molecule has 0 spiro atoms. The van der Waals surface area contributed by atoms with Crippen LogP contribution in [-0.4, -0.2) is 23.5 Å². The Balaban J connectivity index is 2.31. The van der Waals surface area contributed by atoms with Gasteiger partial charge in [-0.05, 0) is 37.9 Å². The van der Waals surface area contributed by atoms with Crippen molar-refractivity contribution in [3.63, 3.8) is 0 Å². The Hall–Kier alpha value is -0.570. The van der Waals surface area contributed by atoms with E-state index in [4.69, 9.17) is 17.3 Å². The summed E-state index contributed by atoms with van der Waals surface area (Å²) in [5.41, 5.74) is 7.34. The topological polar surface area (TPSA) is 29.3 Å². The third-order valence-electron chi connectivity index (χ3n) is 3.46. The van der Waals surface area contributed by atoms with Crippen molar-refractivity contribution in [3.8, 4) is 0 Å². The Morgan fingerprint density at radius 2 is 2.06 bits per heavy atom. The van der Waals surface area contributed by atoms with Gasteiger partial charge in [-0.1, -0.05) is 36.7 Å². The minimum Gasteiger partial charge on any atom is -0.326 e. The van der Waals surface area contributed by atoms with Gasteiger partial charge in [0.25, 0.3) is 0 Å². The maximum absolute atomic E-state index is 6.31. The third kappa shape index (κ3) is 2.82. The fraction of sp³-hybridized carbons (Fsp3) is 0.571. The average Bonchev–Trinajstić information content (AvgIpc) is 3.10. The molecule has 1 aliphatic carbocycles. The molecule has 17 heavy (non-hydrogen) atoms. The molecule has 1 aromatic rings. The van der Waals surface area contributed by atoms with Crippen LogP contribution in [-0.2, 0) is 0 Å². The zero-order valence-electron chi connectivity index (χ0n) is 10.6. The van der Waals surface area contributed by atoms with Gasteiger partial charge in [0.2, 0.25) is 0 Å². The van der Waals surface area contributed by atoms with Gasteiger partial charge in [-0.15, -0.1) is 0 Å². The van der Waals surface area contributed by atoms with E-state index >= 15 is 0 Å². The van der Waals surface area contributed by atoms with Gasteiger partial charge in [0.1, 0.15) is 0 Å². The number of nitrogens with two attached hydrogens (primary N) is 1. The fourth-order valence-corrected chi connectivity index (χ4v) is 2.81. The first-order chi connectivity index (χ1) is 8.15. The van der Waals surface area contributed by atoms with Crippen molar-refractivity contribution in [3.05, 3.63) is 34.9 Å². The van der Waals surface area contributed by atoms with Crippen LogP contribution in [0.3, 0.4) is 0 Å². The Morgan fingerprint density at radius 3 is 2.53 bits per heavy atom. The molecular formula is C14H21ClN2. The molecule has 3 heteroatoms. The van der Waals surface area contributed by atoms with E-state index < -0.39 is 0 Å². The van der Waals surface area contributed by atoms with E-state index in [1.807, 2.05) is 18.2 Å². The van der Waals surface area contributed by atoms with Gasteiger partial charge < -0.3 is 5.73 Å². The van der Waals surface area contributed by atoms with E-state index in [-0.39, 0.29) is 12.1 Å². The number of hydrogen-bond acceptors (Lipinski definition) is 2. The number of rotatable bonds is 5. The van der Waals surface area contributed by atoms with Crippen LogP contribution in [0, 0.1) is 0 Å². The highest BCUT2D eigenvalue weighted by Gasteiger charge is 2.35. The molecule has 0 bridgehead atoms. The maximum Gasteiger partial charge on any atom is 0.0514 e. The number of benzene rings is 1. The molecule has 0 aromatic heterocycles. The number of halogens is 1. The van der Waals surface area contributed by atoms with Crippen LogP contribution < -0.4 is 5.73 Å². The third-order valence-corrected chi connectivity index (χ3v) is 3.80. The summed E-state index contributed by atoms with van der Waals surface area (Å²) in [6.45, 7) is 5.30. The fourth-order valence-electron chi connectivity index (χ4n) is 2.57. The second-order valence-electron chi connectivity index (χ2n) is 4.89. The van der Waals surface area contributed by atoms with E-state index in [0.717, 1.165) is 17.1 Å². The van der Waals surface area contributed by atoms with Crippen LogP contribution >= 0.6 is 11.6 Å². The van der Waals surface area contributed by atoms with E-state index in [1.165, 1.54) is 12.8 Å². The largest absolute Gasteiger partial charge is 0.326 e. The Kier molecular flexibility index (Phi) is 4.08. The molecule has 94 valence electrons. The number of nitrogens with zero attached hydrogens (tertiary/aromatic N) is 1. The van der Waals surface area contributed by atoms with Crippen molar-refractivity contribution in [1.82, 2.24) is 4.90 Å². The Morgan fingerprint density at radius 1 is 1.41 bits per heavy atom. The molecule has 2 N–H and O–H groups in total. The Bertz CT molecular complexity index is 374. The average molecular weight is 253 g/mol. The molecule has 2 rings (SSSR count). The van der Waals surface area contributed by atoms with Crippen LogP contribution in [0.25, 0.3) is 0 Å². The van der Waals surface area contributed by atoms with Crippen LogP contribution in [0.2, 0.25) is 5.02 Å². The lowest BCUT2D eigenvalue weighted by atomic mass is 9.99. The van der Waals surface area contributed by atoms with Crippen molar-refractivity contribution >= 4 is 11.6 Å². The lowest BCUT2D eigenvalue weighted by Gasteiger charge is -2.34. The first kappa shape index (κ1) is 12.9. The molecule has 1 saturated carbocycles. The molecule has 0 saturated heterocycles. The Labute approximate surface area is 109 Å². The first-order valence-corrected chi connectivity index (χ1v) is 6.78. The SMILES string of the molecule is CCN(C1CC1)C(c1ccccc1Cl)C(C)N. The zero-order chi connectivity index (χ0) is 12.4. The molecule has 2 nitrogen and oxygen atoms in total. The number of hydrogen-bond donors (Lipinski definition) is 1. The molecular weight excluding hydrogens is 232 g/mol. The van der Waals surface area contributed by atoms with Gasteiger partial charge >= 0.3 is 0 Å². The highest BCUT2D eigenvalue weighted by molar-refractivity contribution is 6.31. The molecule has 1 aliphatic rings. The molecule has 2 unspecified atom stereocenters. The second-order valence-corrected chi connectivity index (χ2v) is 5.29. The van der Waals surface area contributed by atoms with Crippen LogP contribution in [0.15, 0.2) is 24.3 Å². The van der Waals surface area contributed by atoms with E-state index in [0.29, 0.717) is 6.04 Å². The highest BCUT2D eigenvalue weighted by Crippen LogP contribution is 2.37. The summed E-state index contributed by atoms with van der Waals surface area (Å²) in [5, 5.41) is 0.828. The summed E-state index contributed by atoms with van der Waals surface area (Å²) < 4.78 is 0. The minimum atomic E-state index is 0.0930. The molecule has 0 heterocycles. The van der Waals surface area contributed by atoms with Crippen LogP contribution in [0.1, 0.15) is 38.3 Å². The quantitative estimate of drug-likeness (QED) is 0.872. The highest BCUT2D eigenvalue weighted by atomic mass is 35.5. The van der Waals surface area contributed by atoms with Crippen LogP contribution in [0.4, 0.5) is 0 Å². The minimum absolute atomic E-state index is 0.0930. The lowest BCUT2D eigenvalue weighted by Crippen LogP contribution is -2.40. The summed E-state index contributed by atoms with van der Waals surface area (Å²) in [4.78, 5) is 2.49. The summed E-state index contributed by atoms with van der Waals surface area (Å²) in [6, 6.07) is 9.09. The van der Waals surface area contributed by atoms with E-state index in [9.17, 15) is 0 Å². The van der Waals surface area contributed by atoms with Gasteiger partial charge in [-0.2, -0.15) is 0 Å². The van der Waals surface area contributed by atoms with Gasteiger partial charge in [0.15, 0.2) is 0 Å². The number of likely N-dealkylation sites (N-methyl/N-ethyl adjacent to an activating group) is 1. The summed E-state index contributed by atoms with van der Waals surface area (Å²) >= 11 is 6.31. The smallest absolute Gasteiger partial charge is 0.0514 e. The monoisotopic (exact) mass is 252 g/mol. The maximum atomic E-state index is 6.31. The molecule has 2 atom stereocenters. The van der Waals surface area contributed by atoms with Gasteiger partial charge in [-0.25, -0.2) is 0 Å². The molecule has 1 fully saturated rings. The van der Waals surface area contributed by atoms with Crippen molar-refractivity contribution in [1.29, 1.82) is 0 Å². The molecule has 0 aliphatic heterocycles. The summed E-state index contributed by atoms with van der Waals surface area (Å²) in [5.74, 6) is 0. The lowest BCUT2D eigenvalue weighted by molar-refractivity contribution is 0.176. The van der Waals surface area contributed by atoms with Crippen molar-refractivity contribution in [2.75, 3.05) is 6.54 Å². The van der Waals surface area contributed by atoms with E-state index in [2.05, 4.69) is 24.8 Å². The predicted molar refractivity (Wildman–Crippen MR) is 73.2 cm³/mol.